The van der Waals surface area contributed by atoms with E-state index in [1.165, 1.54) is 5.57 Å². The van der Waals surface area contributed by atoms with Gasteiger partial charge in [-0.1, -0.05) is 18.2 Å². The summed E-state index contributed by atoms with van der Waals surface area (Å²) < 4.78 is 0. The van der Waals surface area contributed by atoms with E-state index >= 15 is 0 Å². The van der Waals surface area contributed by atoms with E-state index < -0.39 is 0 Å². The number of hydrogen-bond donors (Lipinski definition) is 1. The molecule has 1 aliphatic heterocycles. The maximum absolute atomic E-state index is 4.07. The Balaban J connectivity index is 2.23. The first kappa shape index (κ1) is 5.21. The summed E-state index contributed by atoms with van der Waals surface area (Å²) in [6, 6.07) is 0.523. The van der Waals surface area contributed by atoms with Gasteiger partial charge in [-0.2, -0.15) is 5.43 Å². The molecular weight excluding hydrogens is 112 g/mol. The molecule has 47 valence electrons. The van der Waals surface area contributed by atoms with Crippen LogP contribution in [0.5, 0.6) is 0 Å². The first-order valence-electron chi connectivity index (χ1n) is 3.24. The summed E-state index contributed by atoms with van der Waals surface area (Å²) in [5, 5.41) is 0. The predicted molar refractivity (Wildman–Crippen MR) is 35.8 cm³/mol. The molecule has 0 spiro atoms. The fourth-order valence-corrected chi connectivity index (χ4v) is 1.22. The molecule has 1 atom stereocenters. The number of rotatable bonds is 0. The van der Waals surface area contributed by atoms with Crippen LogP contribution in [0, 0.1) is 0 Å². The lowest BCUT2D eigenvalue weighted by atomic mass is 10.0. The van der Waals surface area contributed by atoms with Crippen LogP contribution in [0.25, 0.3) is 0 Å². The summed E-state index contributed by atoms with van der Waals surface area (Å²) in [6.45, 7) is 0.884. The number of nitrogens with one attached hydrogen (secondary N) is 1. The van der Waals surface area contributed by atoms with Gasteiger partial charge >= 0.3 is 0 Å². The molecule has 2 nitrogen and oxygen atoms in total. The van der Waals surface area contributed by atoms with Crippen molar-refractivity contribution in [3.05, 3.63) is 23.8 Å². The second kappa shape index (κ2) is 1.97. The third kappa shape index (κ3) is 0.802. The largest absolute Gasteiger partial charge is 0.232 e. The Morgan fingerprint density at radius 2 is 2.67 bits per heavy atom. The summed E-state index contributed by atoms with van der Waals surface area (Å²) in [5.74, 6) is 0. The molecule has 1 N–H and O–H groups in total. The van der Waals surface area contributed by atoms with Crippen molar-refractivity contribution in [1.29, 1.82) is 0 Å². The molecule has 0 aromatic rings. The maximum atomic E-state index is 4.07. The zero-order valence-corrected chi connectivity index (χ0v) is 5.17. The highest BCUT2D eigenvalue weighted by atomic mass is 15.4. The van der Waals surface area contributed by atoms with Crippen LogP contribution in [0.2, 0.25) is 0 Å². The van der Waals surface area contributed by atoms with Crippen LogP contribution >= 0.6 is 0 Å². The lowest BCUT2D eigenvalue weighted by molar-refractivity contribution is 0.570. The van der Waals surface area contributed by atoms with Gasteiger partial charge in [0.15, 0.2) is 0 Å². The van der Waals surface area contributed by atoms with E-state index in [-0.39, 0.29) is 0 Å². The molecule has 1 heterocycles. The van der Waals surface area contributed by atoms with Crippen molar-refractivity contribution in [3.8, 4) is 0 Å². The van der Waals surface area contributed by atoms with E-state index in [0.29, 0.717) is 6.04 Å². The minimum Gasteiger partial charge on any atom is -0.232 e. The van der Waals surface area contributed by atoms with Crippen molar-refractivity contribution in [2.24, 2.45) is 0 Å². The number of allylic oxidation sites excluding steroid dienone is 2. The molecule has 1 radical (unpaired) electrons. The molecule has 2 aliphatic rings. The third-order valence-electron chi connectivity index (χ3n) is 1.77. The molecular formula is C7H9N2. The molecule has 0 bridgehead atoms. The van der Waals surface area contributed by atoms with E-state index in [2.05, 4.69) is 29.1 Å². The molecule has 1 unspecified atom stereocenters. The van der Waals surface area contributed by atoms with Crippen LogP contribution in [0.4, 0.5) is 0 Å². The highest BCUT2D eigenvalue weighted by molar-refractivity contribution is 5.26. The zero-order chi connectivity index (χ0) is 6.10. The molecule has 2 heteroatoms. The van der Waals surface area contributed by atoms with Crippen molar-refractivity contribution in [2.45, 2.75) is 12.5 Å². The molecule has 1 aliphatic carbocycles. The summed E-state index contributed by atoms with van der Waals surface area (Å²) in [5.41, 5.74) is 8.56. The lowest BCUT2D eigenvalue weighted by Gasteiger charge is -2.09. The van der Waals surface area contributed by atoms with E-state index in [1.807, 2.05) is 0 Å². The average molecular weight is 121 g/mol. The van der Waals surface area contributed by atoms with Crippen LogP contribution in [0.15, 0.2) is 23.8 Å². The number of nitrogens with zero attached hydrogens (tertiary/aromatic N) is 1. The number of hydrogen-bond acceptors (Lipinski definition) is 1. The standard InChI is InChI=1S/C7H9N2/c1-2-4-7-6(3-1)5-8-9-7/h1-3,7,9H,4-5H2. The van der Waals surface area contributed by atoms with Crippen LogP contribution in [-0.4, -0.2) is 12.6 Å². The van der Waals surface area contributed by atoms with Crippen molar-refractivity contribution < 1.29 is 0 Å². The Morgan fingerprint density at radius 3 is 3.56 bits per heavy atom. The van der Waals surface area contributed by atoms with E-state index in [0.717, 1.165) is 13.0 Å². The van der Waals surface area contributed by atoms with Gasteiger partial charge in [0.25, 0.3) is 0 Å². The maximum Gasteiger partial charge on any atom is 0.0533 e. The zero-order valence-electron chi connectivity index (χ0n) is 5.17. The van der Waals surface area contributed by atoms with E-state index in [4.69, 9.17) is 0 Å². The molecule has 0 amide bonds. The van der Waals surface area contributed by atoms with Gasteiger partial charge in [0.05, 0.1) is 6.54 Å². The Labute approximate surface area is 54.6 Å². The predicted octanol–water partition coefficient (Wildman–Crippen LogP) is 0.364. The Bertz CT molecular complexity index is 170. The smallest absolute Gasteiger partial charge is 0.0533 e. The Morgan fingerprint density at radius 1 is 1.67 bits per heavy atom. The Kier molecular flexibility index (Phi) is 1.14. The van der Waals surface area contributed by atoms with Crippen LogP contribution in [-0.2, 0) is 0 Å². The second-order valence-corrected chi connectivity index (χ2v) is 2.40. The quantitative estimate of drug-likeness (QED) is 0.492. The number of fused-ring (bicyclic) bond motifs is 1. The first-order chi connectivity index (χ1) is 4.47. The molecule has 0 saturated carbocycles. The average Bonchev–Trinajstić information content (AvgIpc) is 2.33. The summed E-state index contributed by atoms with van der Waals surface area (Å²) in [4.78, 5) is 0. The topological polar surface area (TPSA) is 26.1 Å². The molecule has 0 aromatic heterocycles. The molecule has 0 aromatic carbocycles. The van der Waals surface area contributed by atoms with Gasteiger partial charge in [-0.3, -0.25) is 0 Å². The van der Waals surface area contributed by atoms with Gasteiger partial charge in [-0.15, -0.1) is 0 Å². The lowest BCUT2D eigenvalue weighted by Crippen LogP contribution is -2.25. The second-order valence-electron chi connectivity index (χ2n) is 2.40. The SMILES string of the molecule is C1=CCC2N[N]CC2=C1. The van der Waals surface area contributed by atoms with Gasteiger partial charge in [0, 0.05) is 6.04 Å². The van der Waals surface area contributed by atoms with Crippen LogP contribution < -0.4 is 10.9 Å². The van der Waals surface area contributed by atoms with Crippen LogP contribution in [0.3, 0.4) is 0 Å². The minimum atomic E-state index is 0.523. The first-order valence-corrected chi connectivity index (χ1v) is 3.24. The van der Waals surface area contributed by atoms with Crippen molar-refractivity contribution in [3.63, 3.8) is 0 Å². The van der Waals surface area contributed by atoms with Gasteiger partial charge < -0.3 is 0 Å². The highest BCUT2D eigenvalue weighted by Crippen LogP contribution is 2.15. The fourth-order valence-electron chi connectivity index (χ4n) is 1.22. The van der Waals surface area contributed by atoms with Gasteiger partial charge in [0.2, 0.25) is 0 Å². The van der Waals surface area contributed by atoms with Gasteiger partial charge in [-0.05, 0) is 12.0 Å². The fraction of sp³-hybridized carbons (Fsp3) is 0.429. The molecule has 1 fully saturated rings. The van der Waals surface area contributed by atoms with Gasteiger partial charge in [0.1, 0.15) is 0 Å². The highest BCUT2D eigenvalue weighted by Gasteiger charge is 2.20. The molecule has 9 heavy (non-hydrogen) atoms. The van der Waals surface area contributed by atoms with Crippen molar-refractivity contribution in [2.75, 3.05) is 6.54 Å². The van der Waals surface area contributed by atoms with Crippen LogP contribution in [0.1, 0.15) is 6.42 Å². The normalized spacial score (nSPS) is 32.0. The molecule has 1 saturated heterocycles. The van der Waals surface area contributed by atoms with E-state index in [9.17, 15) is 0 Å². The third-order valence-corrected chi connectivity index (χ3v) is 1.77. The van der Waals surface area contributed by atoms with Crippen molar-refractivity contribution >= 4 is 0 Å². The molecule has 2 rings (SSSR count). The summed E-state index contributed by atoms with van der Waals surface area (Å²) in [7, 11) is 0. The van der Waals surface area contributed by atoms with Crippen molar-refractivity contribution in [1.82, 2.24) is 10.9 Å². The van der Waals surface area contributed by atoms with E-state index in [1.54, 1.807) is 0 Å². The summed E-state index contributed by atoms with van der Waals surface area (Å²) in [6.07, 6.45) is 7.53. The monoisotopic (exact) mass is 121 g/mol. The Hall–Kier alpha value is -0.600. The minimum absolute atomic E-state index is 0.523. The summed E-state index contributed by atoms with van der Waals surface area (Å²) >= 11 is 0. The van der Waals surface area contributed by atoms with Gasteiger partial charge in [-0.25, -0.2) is 5.43 Å².